The fourth-order valence-corrected chi connectivity index (χ4v) is 3.34. The van der Waals surface area contributed by atoms with Crippen LogP contribution in [-0.4, -0.2) is 18.5 Å². The normalized spacial score (nSPS) is 20.4. The van der Waals surface area contributed by atoms with Crippen molar-refractivity contribution >= 4 is 15.9 Å². The van der Waals surface area contributed by atoms with Crippen molar-refractivity contribution in [3.05, 3.63) is 34.3 Å². The van der Waals surface area contributed by atoms with E-state index in [9.17, 15) is 8.78 Å². The third-order valence-corrected chi connectivity index (χ3v) is 4.88. The van der Waals surface area contributed by atoms with Crippen LogP contribution in [-0.2, 0) is 6.42 Å². The molecule has 0 aromatic heterocycles. The predicted molar refractivity (Wildman–Crippen MR) is 86.8 cm³/mol. The molecule has 2 rings (SSSR count). The highest BCUT2D eigenvalue weighted by atomic mass is 79.9. The Labute approximate surface area is 134 Å². The highest BCUT2D eigenvalue weighted by Gasteiger charge is 2.37. The van der Waals surface area contributed by atoms with Crippen LogP contribution >= 0.6 is 15.9 Å². The molecule has 1 aliphatic carbocycles. The van der Waals surface area contributed by atoms with Crippen molar-refractivity contribution in [2.75, 3.05) is 6.54 Å². The monoisotopic (exact) mass is 359 g/mol. The van der Waals surface area contributed by atoms with Gasteiger partial charge in [0, 0.05) is 23.4 Å². The average molecular weight is 360 g/mol. The van der Waals surface area contributed by atoms with E-state index in [0.717, 1.165) is 23.9 Å². The number of alkyl halides is 2. The van der Waals surface area contributed by atoms with Gasteiger partial charge in [0.1, 0.15) is 0 Å². The summed E-state index contributed by atoms with van der Waals surface area (Å²) < 4.78 is 27.7. The molecule has 0 bridgehead atoms. The molecule has 0 aliphatic heterocycles. The highest BCUT2D eigenvalue weighted by molar-refractivity contribution is 9.10. The highest BCUT2D eigenvalue weighted by Crippen LogP contribution is 2.38. The Kier molecular flexibility index (Phi) is 6.18. The number of nitrogens with one attached hydrogen (secondary N) is 1. The van der Waals surface area contributed by atoms with Crippen LogP contribution in [0.2, 0.25) is 0 Å². The molecule has 1 unspecified atom stereocenters. The van der Waals surface area contributed by atoms with Gasteiger partial charge in [-0.25, -0.2) is 8.78 Å². The fraction of sp³-hybridized carbons (Fsp3) is 0.647. The Morgan fingerprint density at radius 2 is 1.86 bits per heavy atom. The molecule has 1 aromatic carbocycles. The third kappa shape index (κ3) is 5.33. The number of halogens is 3. The molecule has 0 saturated heterocycles. The topological polar surface area (TPSA) is 12.0 Å². The standard InChI is InChI=1S/C17H24BrF2N/c1-2-11-21-16(12-13-3-5-15(18)6-4-13)14-7-9-17(19,20)10-8-14/h3-6,14,16,21H,2,7-12H2,1H3. The van der Waals surface area contributed by atoms with Gasteiger partial charge in [-0.15, -0.1) is 0 Å². The Balaban J connectivity index is 1.99. The first kappa shape index (κ1) is 16.9. The maximum atomic E-state index is 13.3. The van der Waals surface area contributed by atoms with Crippen LogP contribution in [0.5, 0.6) is 0 Å². The summed E-state index contributed by atoms with van der Waals surface area (Å²) in [5.41, 5.74) is 1.27. The van der Waals surface area contributed by atoms with E-state index in [1.807, 2.05) is 12.1 Å². The van der Waals surface area contributed by atoms with Gasteiger partial charge >= 0.3 is 0 Å². The van der Waals surface area contributed by atoms with E-state index in [1.54, 1.807) is 0 Å². The van der Waals surface area contributed by atoms with E-state index in [2.05, 4.69) is 40.3 Å². The summed E-state index contributed by atoms with van der Waals surface area (Å²) >= 11 is 3.44. The maximum absolute atomic E-state index is 13.3. The molecule has 1 fully saturated rings. The van der Waals surface area contributed by atoms with Gasteiger partial charge in [0.15, 0.2) is 0 Å². The second-order valence-corrected chi connectivity index (χ2v) is 7.00. The van der Waals surface area contributed by atoms with Crippen molar-refractivity contribution < 1.29 is 8.78 Å². The van der Waals surface area contributed by atoms with Crippen LogP contribution in [0.25, 0.3) is 0 Å². The summed E-state index contributed by atoms with van der Waals surface area (Å²) in [4.78, 5) is 0. The van der Waals surface area contributed by atoms with Crippen molar-refractivity contribution in [2.45, 2.75) is 57.4 Å². The van der Waals surface area contributed by atoms with Gasteiger partial charge in [-0.3, -0.25) is 0 Å². The van der Waals surface area contributed by atoms with Crippen molar-refractivity contribution in [3.8, 4) is 0 Å². The van der Waals surface area contributed by atoms with Gasteiger partial charge in [-0.05, 0) is 55.8 Å². The molecule has 118 valence electrons. The Hall–Kier alpha value is -0.480. The van der Waals surface area contributed by atoms with Crippen LogP contribution in [0.15, 0.2) is 28.7 Å². The van der Waals surface area contributed by atoms with E-state index in [-0.39, 0.29) is 12.8 Å². The molecule has 21 heavy (non-hydrogen) atoms. The lowest BCUT2D eigenvalue weighted by atomic mass is 9.80. The minimum Gasteiger partial charge on any atom is -0.313 e. The Morgan fingerprint density at radius 3 is 2.43 bits per heavy atom. The molecule has 1 saturated carbocycles. The van der Waals surface area contributed by atoms with E-state index < -0.39 is 5.92 Å². The van der Waals surface area contributed by atoms with Gasteiger partial charge in [-0.1, -0.05) is 35.0 Å². The SMILES string of the molecule is CCCNC(Cc1ccc(Br)cc1)C1CCC(F)(F)CC1. The first-order chi connectivity index (χ1) is 10.00. The van der Waals surface area contributed by atoms with Crippen molar-refractivity contribution in [3.63, 3.8) is 0 Å². The maximum Gasteiger partial charge on any atom is 0.248 e. The number of rotatable bonds is 6. The molecule has 0 amide bonds. The van der Waals surface area contributed by atoms with Crippen LogP contribution in [0.1, 0.15) is 44.6 Å². The van der Waals surface area contributed by atoms with Gasteiger partial charge in [0.2, 0.25) is 5.92 Å². The van der Waals surface area contributed by atoms with E-state index in [4.69, 9.17) is 0 Å². The lowest BCUT2D eigenvalue weighted by Crippen LogP contribution is -2.41. The Bertz CT molecular complexity index is 423. The zero-order valence-corrected chi connectivity index (χ0v) is 14.1. The molecule has 1 N–H and O–H groups in total. The smallest absolute Gasteiger partial charge is 0.248 e. The first-order valence-electron chi connectivity index (χ1n) is 7.86. The second kappa shape index (κ2) is 7.68. The zero-order valence-electron chi connectivity index (χ0n) is 12.5. The quantitative estimate of drug-likeness (QED) is 0.737. The number of benzene rings is 1. The summed E-state index contributed by atoms with van der Waals surface area (Å²) in [5.74, 6) is -2.08. The molecule has 1 aliphatic rings. The molecule has 0 heterocycles. The fourth-order valence-electron chi connectivity index (χ4n) is 3.07. The summed E-state index contributed by atoms with van der Waals surface area (Å²) in [6.07, 6.45) is 3.34. The average Bonchev–Trinajstić information content (AvgIpc) is 2.46. The van der Waals surface area contributed by atoms with Crippen molar-refractivity contribution in [1.29, 1.82) is 0 Å². The molecule has 4 heteroatoms. The lowest BCUT2D eigenvalue weighted by Gasteiger charge is -2.34. The zero-order chi connectivity index (χ0) is 15.3. The second-order valence-electron chi connectivity index (χ2n) is 6.08. The summed E-state index contributed by atoms with van der Waals surface area (Å²) in [7, 11) is 0. The van der Waals surface area contributed by atoms with Crippen LogP contribution < -0.4 is 5.32 Å². The molecule has 1 aromatic rings. The molecular weight excluding hydrogens is 336 g/mol. The van der Waals surface area contributed by atoms with E-state index >= 15 is 0 Å². The summed E-state index contributed by atoms with van der Waals surface area (Å²) in [6, 6.07) is 8.62. The minimum atomic E-state index is -2.44. The van der Waals surface area contributed by atoms with Gasteiger partial charge in [-0.2, -0.15) is 0 Å². The molecule has 0 radical (unpaired) electrons. The van der Waals surface area contributed by atoms with Gasteiger partial charge in [0.25, 0.3) is 0 Å². The Morgan fingerprint density at radius 1 is 1.24 bits per heavy atom. The van der Waals surface area contributed by atoms with E-state index in [1.165, 1.54) is 5.56 Å². The van der Waals surface area contributed by atoms with Crippen molar-refractivity contribution in [2.24, 2.45) is 5.92 Å². The predicted octanol–water partition coefficient (Wildman–Crippen LogP) is 5.19. The number of hydrogen-bond acceptors (Lipinski definition) is 1. The lowest BCUT2D eigenvalue weighted by molar-refractivity contribution is -0.0495. The number of hydrogen-bond donors (Lipinski definition) is 1. The largest absolute Gasteiger partial charge is 0.313 e. The van der Waals surface area contributed by atoms with Crippen LogP contribution in [0, 0.1) is 5.92 Å². The van der Waals surface area contributed by atoms with Crippen LogP contribution in [0.3, 0.4) is 0 Å². The molecule has 1 atom stereocenters. The first-order valence-corrected chi connectivity index (χ1v) is 8.65. The van der Waals surface area contributed by atoms with Crippen LogP contribution in [0.4, 0.5) is 8.78 Å². The molecule has 0 spiro atoms. The summed E-state index contributed by atoms with van der Waals surface area (Å²) in [5, 5.41) is 3.57. The van der Waals surface area contributed by atoms with Gasteiger partial charge < -0.3 is 5.32 Å². The summed E-state index contributed by atoms with van der Waals surface area (Å²) in [6.45, 7) is 3.09. The third-order valence-electron chi connectivity index (χ3n) is 4.36. The minimum absolute atomic E-state index is 0.0440. The molecule has 1 nitrogen and oxygen atoms in total. The van der Waals surface area contributed by atoms with Crippen molar-refractivity contribution in [1.82, 2.24) is 5.32 Å². The van der Waals surface area contributed by atoms with E-state index in [0.29, 0.717) is 24.8 Å². The van der Waals surface area contributed by atoms with Gasteiger partial charge in [0.05, 0.1) is 0 Å². The molecular formula is C17H24BrF2N.